The van der Waals surface area contributed by atoms with Gasteiger partial charge in [-0.05, 0) is 52.5 Å². The summed E-state index contributed by atoms with van der Waals surface area (Å²) in [5.74, 6) is -3.64. The van der Waals surface area contributed by atoms with Gasteiger partial charge in [0, 0.05) is 83.9 Å². The summed E-state index contributed by atoms with van der Waals surface area (Å²) in [6, 6.07) is 31.0. The molecule has 1 aliphatic rings. The number of pyridine rings is 1. The molecule has 1 saturated heterocycles. The Kier molecular flexibility index (Phi) is 21.2. The van der Waals surface area contributed by atoms with Gasteiger partial charge in [-0.1, -0.05) is 85.8 Å². The van der Waals surface area contributed by atoms with Crippen molar-refractivity contribution in [1.82, 2.24) is 29.8 Å². The summed E-state index contributed by atoms with van der Waals surface area (Å²) in [5, 5.41) is 54.9. The van der Waals surface area contributed by atoms with Crippen LogP contribution in [0.1, 0.15) is 52.4 Å². The number of likely N-dealkylation sites (N-methyl/N-ethyl adjacent to an activating group) is 1. The molecule has 364 valence electrons. The zero-order chi connectivity index (χ0) is 48.9. The summed E-state index contributed by atoms with van der Waals surface area (Å²) in [4.78, 5) is 71.9. The molecule has 2 unspecified atom stereocenters. The number of aromatic nitrogens is 1. The average Bonchev–Trinajstić information content (AvgIpc) is 3.30. The Morgan fingerprint density at radius 1 is 0.667 bits per heavy atom. The molecule has 19 heteroatoms. The minimum absolute atomic E-state index is 0. The summed E-state index contributed by atoms with van der Waals surface area (Å²) < 4.78 is 1.88. The van der Waals surface area contributed by atoms with E-state index in [1.807, 2.05) is 89.3 Å². The molecule has 2 heterocycles. The van der Waals surface area contributed by atoms with Crippen LogP contribution in [-0.4, -0.2) is 179 Å². The monoisotopic (exact) mass is 1090 g/mol. The third-order valence-electron chi connectivity index (χ3n) is 13.0. The number of aryl methyl sites for hydroxylation is 1. The summed E-state index contributed by atoms with van der Waals surface area (Å²) in [6.07, 6.45) is 0.537. The number of rotatable bonds is 18. The van der Waals surface area contributed by atoms with E-state index in [1.165, 1.54) is 0 Å². The van der Waals surface area contributed by atoms with E-state index in [1.54, 1.807) is 38.8 Å². The number of fused-ring (bicyclic) bond motifs is 3. The number of carboxylic acids is 3. The van der Waals surface area contributed by atoms with Crippen LogP contribution in [0.2, 0.25) is 0 Å². The molecular weight excluding hydrogens is 1020 g/mol. The van der Waals surface area contributed by atoms with Gasteiger partial charge in [0.15, 0.2) is 0 Å². The summed E-state index contributed by atoms with van der Waals surface area (Å²) >= 11 is 0. The van der Waals surface area contributed by atoms with Crippen LogP contribution in [-0.2, 0) is 32.8 Å². The van der Waals surface area contributed by atoms with Gasteiger partial charge in [-0.3, -0.25) is 43.6 Å². The molecular formula is C50H63BEuN7O10+4. The van der Waals surface area contributed by atoms with Crippen molar-refractivity contribution in [3.05, 3.63) is 119 Å². The quantitative estimate of drug-likeness (QED) is 0.0418. The number of hydrogen-bond acceptors (Lipinski definition) is 11. The second-order valence-corrected chi connectivity index (χ2v) is 17.7. The molecule has 1 fully saturated rings. The molecule has 2 amide bonds. The van der Waals surface area contributed by atoms with Crippen molar-refractivity contribution in [3.8, 4) is 0 Å². The number of carbonyl (C=O) groups is 5. The van der Waals surface area contributed by atoms with Crippen LogP contribution in [0.15, 0.2) is 97.1 Å². The van der Waals surface area contributed by atoms with Gasteiger partial charge in [0.05, 0.1) is 37.0 Å². The zero-order valence-corrected chi connectivity index (χ0v) is 41.8. The molecule has 0 radical (unpaired) electrons. The first-order chi connectivity index (χ1) is 32.6. The minimum atomic E-state index is -1.64. The van der Waals surface area contributed by atoms with E-state index in [0.717, 1.165) is 38.4 Å². The minimum Gasteiger partial charge on any atom is -0.480 e. The second kappa shape index (κ2) is 26.5. The molecule has 0 saturated carbocycles. The number of carbonyl (C=O) groups excluding carboxylic acids is 2. The van der Waals surface area contributed by atoms with Gasteiger partial charge >= 0.3 is 80.3 Å². The summed E-state index contributed by atoms with van der Waals surface area (Å²) in [7, 11) is 1.93. The molecule has 0 spiro atoms. The Morgan fingerprint density at radius 2 is 1.16 bits per heavy atom. The Hall–Kier alpha value is -4.69. The normalized spacial score (nSPS) is 15.6. The number of benzene rings is 4. The van der Waals surface area contributed by atoms with Gasteiger partial charge in [0.1, 0.15) is 7.05 Å². The number of amides is 2. The fraction of sp³-hybridized carbons (Fsp3) is 0.400. The Morgan fingerprint density at radius 3 is 1.70 bits per heavy atom. The molecule has 0 bridgehead atoms. The molecule has 6 N–H and O–H groups in total. The molecule has 2 atom stereocenters. The van der Waals surface area contributed by atoms with Crippen LogP contribution in [0.25, 0.3) is 21.7 Å². The first-order valence-electron chi connectivity index (χ1n) is 23.0. The number of hydrogen-bond donors (Lipinski definition) is 6. The van der Waals surface area contributed by atoms with Gasteiger partial charge in [-0.25, -0.2) is 0 Å². The van der Waals surface area contributed by atoms with Crippen LogP contribution in [0.5, 0.6) is 0 Å². The molecule has 17 nitrogen and oxygen atoms in total. The van der Waals surface area contributed by atoms with Crippen molar-refractivity contribution in [2.45, 2.75) is 31.7 Å². The Balaban J connectivity index is 0.00000888. The first kappa shape index (κ1) is 55.2. The number of nitrogens with one attached hydrogen (secondary N) is 1. The van der Waals surface area contributed by atoms with Crippen molar-refractivity contribution in [3.63, 3.8) is 0 Å². The predicted molar refractivity (Wildman–Crippen MR) is 259 cm³/mol. The molecule has 6 rings (SSSR count). The number of aliphatic carboxylic acids is 3. The van der Waals surface area contributed by atoms with Gasteiger partial charge in [-0.15, -0.1) is 0 Å². The number of nitrogens with zero attached hydrogens (tertiary/aromatic N) is 6. The number of carboxylic acid groups (broad SMARTS) is 3. The maximum absolute atomic E-state index is 14.3. The molecule has 1 aromatic heterocycles. The topological polar surface area (TPSA) is 219 Å². The van der Waals surface area contributed by atoms with E-state index in [2.05, 4.69) is 24.4 Å². The van der Waals surface area contributed by atoms with Crippen LogP contribution in [0.3, 0.4) is 0 Å². The zero-order valence-electron chi connectivity index (χ0n) is 39.4. The standard InChI is InChI=1S/C50H62BN7O10.Eu/c1-35(37-11-5-4-6-12-37)38(40-14-9-10-16-43(40)51(67)68)19-20-52-50(66)49-41-15-8-7-13-39(41)42-29-36(17-18-44(42)54(49)3)30-53(2)45(59)31-55-21-23-56(32-46(60)61)25-27-58(34-48(64)65)28-26-57(24-22-55)33-47(62)63;/h4-18,29,35,38,67-68H,19-28,30-34H2,1-3H3,(H3-,52,60,61,62,63,64,65,66);/q;+3/p+1. The summed E-state index contributed by atoms with van der Waals surface area (Å²) in [6.45, 7) is 4.34. The Bertz CT molecular complexity index is 2540. The molecule has 0 aliphatic carbocycles. The van der Waals surface area contributed by atoms with Crippen molar-refractivity contribution < 1.29 is 103 Å². The van der Waals surface area contributed by atoms with Gasteiger partial charge in [0.2, 0.25) is 11.4 Å². The first-order valence-corrected chi connectivity index (χ1v) is 23.0. The molecule has 4 aromatic carbocycles. The van der Waals surface area contributed by atoms with Crippen molar-refractivity contribution in [1.29, 1.82) is 0 Å². The van der Waals surface area contributed by atoms with E-state index in [-0.39, 0.29) is 132 Å². The molecule has 69 heavy (non-hydrogen) atoms. The largest absolute Gasteiger partial charge is 3.00 e. The SMILES string of the molecule is CC(c1ccccc1)C(CCNC(=O)c1c2ccccc2c2cc(CN(C)C(=O)CN3CCN(CC(=O)O)CCN(CC(=O)O)CCN(CC(=O)O)CC3)ccc2[n+]1C)c1ccccc1B(O)O.[Eu+3]. The van der Waals surface area contributed by atoms with E-state index < -0.39 is 25.0 Å². The maximum Gasteiger partial charge on any atom is 3.00 e. The third-order valence-corrected chi connectivity index (χ3v) is 13.0. The maximum atomic E-state index is 14.3. The predicted octanol–water partition coefficient (Wildman–Crippen LogP) is 1.64. The Labute approximate surface area is 444 Å². The summed E-state index contributed by atoms with van der Waals surface area (Å²) in [5.41, 5.74) is 4.51. The van der Waals surface area contributed by atoms with Crippen LogP contribution in [0.4, 0.5) is 0 Å². The van der Waals surface area contributed by atoms with Gasteiger partial charge in [0.25, 0.3) is 5.69 Å². The fourth-order valence-corrected chi connectivity index (χ4v) is 9.32. The molecule has 5 aromatic rings. The van der Waals surface area contributed by atoms with E-state index in [4.69, 9.17) is 0 Å². The second-order valence-electron chi connectivity index (χ2n) is 17.7. The van der Waals surface area contributed by atoms with E-state index >= 15 is 0 Å². The van der Waals surface area contributed by atoms with Crippen molar-refractivity contribution in [2.75, 3.05) is 92.1 Å². The van der Waals surface area contributed by atoms with Crippen LogP contribution >= 0.6 is 0 Å². The van der Waals surface area contributed by atoms with Crippen LogP contribution in [0, 0.1) is 49.4 Å². The fourth-order valence-electron chi connectivity index (χ4n) is 9.32. The van der Waals surface area contributed by atoms with E-state index in [0.29, 0.717) is 50.3 Å². The van der Waals surface area contributed by atoms with E-state index in [9.17, 15) is 49.3 Å². The van der Waals surface area contributed by atoms with Gasteiger partial charge < -0.3 is 35.6 Å². The van der Waals surface area contributed by atoms with Crippen molar-refractivity contribution in [2.24, 2.45) is 7.05 Å². The smallest absolute Gasteiger partial charge is 0.480 e. The third kappa shape index (κ3) is 15.4. The molecule has 1 aliphatic heterocycles. The van der Waals surface area contributed by atoms with Gasteiger partial charge in [-0.2, -0.15) is 4.57 Å². The van der Waals surface area contributed by atoms with Crippen molar-refractivity contribution >= 4 is 64.0 Å². The van der Waals surface area contributed by atoms with Crippen LogP contribution < -0.4 is 15.3 Å². The average molecular weight is 1080 g/mol.